The van der Waals surface area contributed by atoms with E-state index in [0.29, 0.717) is 5.56 Å². The van der Waals surface area contributed by atoms with E-state index < -0.39 is 57.1 Å². The van der Waals surface area contributed by atoms with Gasteiger partial charge in [0.1, 0.15) is 28.3 Å². The summed E-state index contributed by atoms with van der Waals surface area (Å²) in [6.07, 6.45) is 2.20. The summed E-state index contributed by atoms with van der Waals surface area (Å²) in [5.41, 5.74) is 16.5. The highest BCUT2D eigenvalue weighted by Gasteiger charge is 2.71. The number of primary amides is 1. The summed E-state index contributed by atoms with van der Waals surface area (Å²) in [5.74, 6) is -4.47. The Morgan fingerprint density at radius 2 is 1.66 bits per heavy atom. The van der Waals surface area contributed by atoms with Crippen LogP contribution in [0.25, 0.3) is 16.9 Å². The predicted molar refractivity (Wildman–Crippen MR) is 164 cm³/mol. The zero-order chi connectivity index (χ0) is 31.9. The van der Waals surface area contributed by atoms with Gasteiger partial charge in [0, 0.05) is 6.54 Å². The number of aromatic hydroxyl groups is 1. The highest BCUT2D eigenvalue weighted by atomic mass is 16.3. The molecule has 1 amide bonds. The molecule has 3 aliphatic carbocycles. The fourth-order valence-corrected chi connectivity index (χ4v) is 8.12. The molecule has 1 aliphatic heterocycles. The lowest BCUT2D eigenvalue weighted by molar-refractivity contribution is -0.142. The Bertz CT molecular complexity index is 1670. The number of nitrogens with zero attached hydrogens (tertiary/aromatic N) is 2. The number of benzene rings is 2. The first-order chi connectivity index (χ1) is 20.7. The van der Waals surface area contributed by atoms with Crippen LogP contribution in [0.4, 0.5) is 0 Å². The van der Waals surface area contributed by atoms with Gasteiger partial charge < -0.3 is 32.5 Å². The number of aliphatic hydroxyl groups is 2. The van der Waals surface area contributed by atoms with Gasteiger partial charge in [0.25, 0.3) is 5.91 Å². The van der Waals surface area contributed by atoms with Gasteiger partial charge in [-0.05, 0) is 88.1 Å². The van der Waals surface area contributed by atoms with Gasteiger partial charge >= 0.3 is 0 Å². The number of likely N-dealkylation sites (tertiary alicyclic amines) is 1. The number of ketones is 2. The van der Waals surface area contributed by atoms with Crippen LogP contribution in [0.5, 0.6) is 5.75 Å². The number of hydrogen-bond donors (Lipinski definition) is 6. The Balaban J connectivity index is 1.51. The molecule has 2 unspecified atom stereocenters. The smallest absolute Gasteiger partial charge is 0.255 e. The van der Waals surface area contributed by atoms with E-state index in [4.69, 9.17) is 17.2 Å². The van der Waals surface area contributed by atoms with E-state index in [1.807, 2.05) is 12.1 Å². The first-order valence-electron chi connectivity index (χ1n) is 14.8. The summed E-state index contributed by atoms with van der Waals surface area (Å²) in [6.45, 7) is 4.36. The minimum Gasteiger partial charge on any atom is -0.510 e. The zero-order valence-electron chi connectivity index (χ0n) is 25.2. The number of hydrogen-bond acceptors (Lipinski definition) is 10. The Morgan fingerprint density at radius 3 is 2.25 bits per heavy atom. The van der Waals surface area contributed by atoms with Crippen LogP contribution in [0.3, 0.4) is 0 Å². The van der Waals surface area contributed by atoms with Crippen molar-refractivity contribution in [3.8, 4) is 16.9 Å². The number of likely N-dealkylation sites (N-methyl/N-ethyl adjacent to an activating group) is 1. The van der Waals surface area contributed by atoms with E-state index in [0.717, 1.165) is 30.8 Å². The summed E-state index contributed by atoms with van der Waals surface area (Å²) >= 11 is 0. The molecule has 1 heterocycles. The zero-order valence-corrected chi connectivity index (χ0v) is 25.2. The van der Waals surface area contributed by atoms with Gasteiger partial charge in [0.05, 0.1) is 28.3 Å². The fraction of sp³-hybridized carbons (Fsp3) is 0.424. The first-order valence-corrected chi connectivity index (χ1v) is 14.8. The van der Waals surface area contributed by atoms with Crippen molar-refractivity contribution in [1.29, 1.82) is 0 Å². The number of aliphatic hydroxyl groups excluding tert-OH is 2. The summed E-state index contributed by atoms with van der Waals surface area (Å²) in [5, 5.41) is 34.1. The van der Waals surface area contributed by atoms with Gasteiger partial charge in [0.15, 0.2) is 11.6 Å². The molecule has 44 heavy (non-hydrogen) atoms. The normalized spacial score (nSPS) is 30.5. The maximum Gasteiger partial charge on any atom is 0.255 e. The van der Waals surface area contributed by atoms with Gasteiger partial charge in [0.2, 0.25) is 0 Å². The molecule has 9 N–H and O–H groups in total. The number of carbonyl (C=O) groups is 3. The molecule has 232 valence electrons. The van der Waals surface area contributed by atoms with E-state index >= 15 is 0 Å². The standard InChI is InChI=1S/C33H39N5O6/c1-31-28(42)23(30(34)44)26(41)27(37(2)3)33(31,36)16-32(35)14-20-19(10-11-21(39)22(20)25(40)24(32)29(31)43)18-8-6-17(7-9-18)15-38-12-4-5-13-38/h6-11,27,39-40,42H,4-5,12-16,35-36H2,1-3H3,(H2,34,44)/t27?,31?,32-,33-/m1/s1. The van der Waals surface area contributed by atoms with Crippen LogP contribution in [0.15, 0.2) is 53.3 Å². The molecule has 0 spiro atoms. The molecule has 0 bridgehead atoms. The Hall–Kier alpha value is -4.03. The van der Waals surface area contributed by atoms with E-state index in [2.05, 4.69) is 17.0 Å². The number of Topliss-reactive ketones (excluding diaryl/α,β-unsaturated/α-hetero) is 2. The van der Waals surface area contributed by atoms with Crippen molar-refractivity contribution in [2.75, 3.05) is 27.2 Å². The van der Waals surface area contributed by atoms with E-state index in [9.17, 15) is 29.7 Å². The predicted octanol–water partition coefficient (Wildman–Crippen LogP) is 1.66. The van der Waals surface area contributed by atoms with E-state index in [1.54, 1.807) is 20.2 Å². The summed E-state index contributed by atoms with van der Waals surface area (Å²) in [4.78, 5) is 44.3. The fourth-order valence-electron chi connectivity index (χ4n) is 8.12. The third kappa shape index (κ3) is 4.00. The molecule has 0 radical (unpaired) electrons. The lowest BCUT2D eigenvalue weighted by Crippen LogP contribution is -2.79. The van der Waals surface area contributed by atoms with Crippen molar-refractivity contribution in [2.45, 2.75) is 56.3 Å². The molecule has 4 atom stereocenters. The number of rotatable bonds is 5. The van der Waals surface area contributed by atoms with Crippen LogP contribution in [-0.2, 0) is 27.3 Å². The topological polar surface area (TPSA) is 196 Å². The molecule has 6 rings (SSSR count). The molecule has 1 saturated heterocycles. The van der Waals surface area contributed by atoms with Crippen LogP contribution in [0.1, 0.15) is 42.9 Å². The van der Waals surface area contributed by atoms with Crippen molar-refractivity contribution < 1.29 is 29.7 Å². The molecule has 11 nitrogen and oxygen atoms in total. The van der Waals surface area contributed by atoms with Crippen molar-refractivity contribution in [1.82, 2.24) is 9.80 Å². The lowest BCUT2D eigenvalue weighted by Gasteiger charge is -2.60. The summed E-state index contributed by atoms with van der Waals surface area (Å²) in [7, 11) is 3.16. The van der Waals surface area contributed by atoms with E-state index in [-0.39, 0.29) is 29.7 Å². The van der Waals surface area contributed by atoms with E-state index in [1.165, 1.54) is 36.3 Å². The number of nitrogens with two attached hydrogens (primary N) is 3. The largest absolute Gasteiger partial charge is 0.510 e. The molecule has 1 saturated carbocycles. The average Bonchev–Trinajstić information content (AvgIpc) is 3.44. The van der Waals surface area contributed by atoms with Gasteiger partial charge in [-0.2, -0.15) is 0 Å². The van der Waals surface area contributed by atoms with Crippen LogP contribution in [0, 0.1) is 5.41 Å². The van der Waals surface area contributed by atoms with Gasteiger partial charge in [-0.3, -0.25) is 24.2 Å². The number of phenols is 1. The molecular weight excluding hydrogens is 562 g/mol. The molecule has 0 aromatic heterocycles. The van der Waals surface area contributed by atoms with Gasteiger partial charge in [-0.25, -0.2) is 0 Å². The van der Waals surface area contributed by atoms with Gasteiger partial charge in [-0.15, -0.1) is 0 Å². The minimum absolute atomic E-state index is 0.00323. The Kier molecular flexibility index (Phi) is 6.82. The molecule has 4 aliphatic rings. The first kappa shape index (κ1) is 30.0. The molecule has 2 fully saturated rings. The maximum atomic E-state index is 14.5. The number of amides is 1. The Morgan fingerprint density at radius 1 is 1.02 bits per heavy atom. The van der Waals surface area contributed by atoms with Crippen molar-refractivity contribution >= 4 is 23.2 Å². The van der Waals surface area contributed by atoms with Crippen molar-refractivity contribution in [3.05, 3.63) is 70.0 Å². The second-order valence-corrected chi connectivity index (χ2v) is 13.2. The number of fused-ring (bicyclic) bond motifs is 3. The van der Waals surface area contributed by atoms with Crippen LogP contribution < -0.4 is 17.2 Å². The molecule has 11 heteroatoms. The highest BCUT2D eigenvalue weighted by Crippen LogP contribution is 2.58. The van der Waals surface area contributed by atoms with Crippen LogP contribution in [0.2, 0.25) is 0 Å². The number of phenolic OH excluding ortho intramolecular Hbond substituents is 1. The van der Waals surface area contributed by atoms with Crippen molar-refractivity contribution in [2.24, 2.45) is 22.6 Å². The molecule has 2 aromatic rings. The lowest BCUT2D eigenvalue weighted by atomic mass is 9.47. The molecule has 2 aromatic carbocycles. The summed E-state index contributed by atoms with van der Waals surface area (Å²) in [6, 6.07) is 10.0. The quantitative estimate of drug-likeness (QED) is 0.274. The monoisotopic (exact) mass is 601 g/mol. The van der Waals surface area contributed by atoms with Crippen molar-refractivity contribution in [3.63, 3.8) is 0 Å². The third-order valence-electron chi connectivity index (χ3n) is 10.3. The van der Waals surface area contributed by atoms with Crippen LogP contribution >= 0.6 is 0 Å². The minimum atomic E-state index is -2.04. The SMILES string of the molecule is CN(C)C1C(=O)C(C(N)=O)=C(O)C2(C)C(=O)C3=C(O)c4c(O)ccc(-c5ccc(CN6CCCC6)cc5)c4C[C@@]3(N)C[C@@]12N. The third-order valence-corrected chi connectivity index (χ3v) is 10.3. The second-order valence-electron chi connectivity index (χ2n) is 13.2. The average molecular weight is 602 g/mol. The maximum absolute atomic E-state index is 14.5. The van der Waals surface area contributed by atoms with Crippen LogP contribution in [-0.4, -0.2) is 86.9 Å². The Labute approximate surface area is 255 Å². The highest BCUT2D eigenvalue weighted by molar-refractivity contribution is 6.25. The second kappa shape index (κ2) is 10.00. The summed E-state index contributed by atoms with van der Waals surface area (Å²) < 4.78 is 0. The number of carbonyl (C=O) groups excluding carboxylic acids is 3. The molecular formula is C33H39N5O6. The van der Waals surface area contributed by atoms with Gasteiger partial charge in [-0.1, -0.05) is 30.3 Å².